The van der Waals surface area contributed by atoms with E-state index in [-0.39, 0.29) is 5.97 Å². The van der Waals surface area contributed by atoms with Crippen LogP contribution < -0.4 is 0 Å². The summed E-state index contributed by atoms with van der Waals surface area (Å²) in [6.45, 7) is 2.33. The van der Waals surface area contributed by atoms with Crippen molar-refractivity contribution in [1.29, 1.82) is 0 Å². The SMILES string of the molecule is CCOC(=O)CCCCC1=CCC=C1. The van der Waals surface area contributed by atoms with Crippen molar-refractivity contribution in [3.05, 3.63) is 23.8 Å². The molecule has 0 heterocycles. The standard InChI is InChI=1S/C12H18O2/c1-2-14-12(13)10-6-5-9-11-7-3-4-8-11/h3,7-8H,2,4-6,9-10H2,1H3. The Morgan fingerprint density at radius 1 is 1.50 bits per heavy atom. The Kier molecular flexibility index (Phi) is 5.05. The summed E-state index contributed by atoms with van der Waals surface area (Å²) in [5, 5.41) is 0. The molecule has 2 heteroatoms. The topological polar surface area (TPSA) is 26.3 Å². The van der Waals surface area contributed by atoms with Crippen molar-refractivity contribution in [2.75, 3.05) is 6.61 Å². The van der Waals surface area contributed by atoms with Gasteiger partial charge in [-0.25, -0.2) is 0 Å². The van der Waals surface area contributed by atoms with Crippen LogP contribution in [0, 0.1) is 0 Å². The van der Waals surface area contributed by atoms with Crippen LogP contribution in [-0.2, 0) is 9.53 Å². The number of carbonyl (C=O) groups excluding carboxylic acids is 1. The number of hydrogen-bond acceptors (Lipinski definition) is 2. The van der Waals surface area contributed by atoms with Gasteiger partial charge in [0.25, 0.3) is 0 Å². The molecule has 0 aliphatic heterocycles. The number of esters is 1. The van der Waals surface area contributed by atoms with Gasteiger partial charge < -0.3 is 4.74 Å². The number of unbranched alkanes of at least 4 members (excludes halogenated alkanes) is 1. The average Bonchev–Trinajstić information content (AvgIpc) is 2.65. The normalized spacial score (nSPS) is 14.2. The lowest BCUT2D eigenvalue weighted by atomic mass is 10.1. The van der Waals surface area contributed by atoms with Crippen LogP contribution in [0.25, 0.3) is 0 Å². The maximum Gasteiger partial charge on any atom is 0.305 e. The van der Waals surface area contributed by atoms with Gasteiger partial charge in [0.2, 0.25) is 0 Å². The van der Waals surface area contributed by atoms with Gasteiger partial charge in [0, 0.05) is 6.42 Å². The highest BCUT2D eigenvalue weighted by molar-refractivity contribution is 5.69. The maximum atomic E-state index is 11.0. The molecule has 0 radical (unpaired) electrons. The molecule has 1 aliphatic carbocycles. The van der Waals surface area contributed by atoms with Crippen molar-refractivity contribution in [3.63, 3.8) is 0 Å². The van der Waals surface area contributed by atoms with Gasteiger partial charge in [0.1, 0.15) is 0 Å². The Morgan fingerprint density at radius 3 is 3.00 bits per heavy atom. The molecule has 0 spiro atoms. The Bertz CT molecular complexity index is 239. The number of rotatable bonds is 6. The lowest BCUT2D eigenvalue weighted by Crippen LogP contribution is -2.03. The van der Waals surface area contributed by atoms with Crippen LogP contribution in [0.3, 0.4) is 0 Å². The number of carbonyl (C=O) groups is 1. The molecule has 2 nitrogen and oxygen atoms in total. The van der Waals surface area contributed by atoms with Crippen molar-refractivity contribution in [3.8, 4) is 0 Å². The first-order valence-electron chi connectivity index (χ1n) is 5.34. The molecule has 0 aromatic rings. The quantitative estimate of drug-likeness (QED) is 0.480. The van der Waals surface area contributed by atoms with Crippen LogP contribution in [0.15, 0.2) is 23.8 Å². The van der Waals surface area contributed by atoms with Gasteiger partial charge in [-0.1, -0.05) is 23.8 Å². The van der Waals surface area contributed by atoms with E-state index in [0.717, 1.165) is 25.7 Å². The van der Waals surface area contributed by atoms with E-state index >= 15 is 0 Å². The van der Waals surface area contributed by atoms with E-state index in [0.29, 0.717) is 13.0 Å². The Labute approximate surface area is 85.6 Å². The van der Waals surface area contributed by atoms with Crippen LogP contribution in [0.5, 0.6) is 0 Å². The lowest BCUT2D eigenvalue weighted by molar-refractivity contribution is -0.143. The van der Waals surface area contributed by atoms with Crippen LogP contribution >= 0.6 is 0 Å². The first-order valence-corrected chi connectivity index (χ1v) is 5.34. The molecule has 0 bridgehead atoms. The highest BCUT2D eigenvalue weighted by Crippen LogP contribution is 2.16. The molecule has 0 saturated heterocycles. The Morgan fingerprint density at radius 2 is 2.36 bits per heavy atom. The molecule has 1 rings (SSSR count). The minimum atomic E-state index is -0.0663. The van der Waals surface area contributed by atoms with E-state index in [1.165, 1.54) is 5.57 Å². The largest absolute Gasteiger partial charge is 0.466 e. The zero-order valence-electron chi connectivity index (χ0n) is 8.79. The number of hydrogen-bond donors (Lipinski definition) is 0. The molecule has 0 atom stereocenters. The van der Waals surface area contributed by atoms with Crippen molar-refractivity contribution in [2.24, 2.45) is 0 Å². The Balaban J connectivity index is 1.99. The van der Waals surface area contributed by atoms with E-state index in [4.69, 9.17) is 4.74 Å². The van der Waals surface area contributed by atoms with Gasteiger partial charge in [-0.15, -0.1) is 0 Å². The fourth-order valence-corrected chi connectivity index (χ4v) is 1.52. The minimum Gasteiger partial charge on any atom is -0.466 e. The highest BCUT2D eigenvalue weighted by Gasteiger charge is 2.02. The average molecular weight is 194 g/mol. The second kappa shape index (κ2) is 6.41. The molecule has 0 N–H and O–H groups in total. The zero-order chi connectivity index (χ0) is 10.2. The van der Waals surface area contributed by atoms with E-state index in [1.54, 1.807) is 0 Å². The maximum absolute atomic E-state index is 11.0. The lowest BCUT2D eigenvalue weighted by Gasteiger charge is -2.01. The molecular formula is C12H18O2. The summed E-state index contributed by atoms with van der Waals surface area (Å²) >= 11 is 0. The molecule has 0 saturated carbocycles. The van der Waals surface area contributed by atoms with E-state index in [1.807, 2.05) is 6.92 Å². The van der Waals surface area contributed by atoms with Crippen LogP contribution in [0.2, 0.25) is 0 Å². The molecular weight excluding hydrogens is 176 g/mol. The highest BCUT2D eigenvalue weighted by atomic mass is 16.5. The third-order valence-electron chi connectivity index (χ3n) is 2.25. The molecule has 0 aromatic carbocycles. The zero-order valence-corrected chi connectivity index (χ0v) is 8.79. The third-order valence-corrected chi connectivity index (χ3v) is 2.25. The summed E-state index contributed by atoms with van der Waals surface area (Å²) in [5.74, 6) is -0.0663. The van der Waals surface area contributed by atoms with Crippen molar-refractivity contribution in [2.45, 2.75) is 39.0 Å². The van der Waals surface area contributed by atoms with Gasteiger partial charge in [-0.3, -0.25) is 4.79 Å². The van der Waals surface area contributed by atoms with E-state index in [2.05, 4.69) is 18.2 Å². The van der Waals surface area contributed by atoms with Crippen LogP contribution in [0.4, 0.5) is 0 Å². The van der Waals surface area contributed by atoms with E-state index < -0.39 is 0 Å². The van der Waals surface area contributed by atoms with Gasteiger partial charge in [-0.05, 0) is 32.6 Å². The first kappa shape index (κ1) is 11.0. The molecule has 78 valence electrons. The first-order chi connectivity index (χ1) is 6.83. The molecule has 0 amide bonds. The monoisotopic (exact) mass is 194 g/mol. The molecule has 14 heavy (non-hydrogen) atoms. The minimum absolute atomic E-state index is 0.0663. The smallest absolute Gasteiger partial charge is 0.305 e. The van der Waals surface area contributed by atoms with E-state index in [9.17, 15) is 4.79 Å². The summed E-state index contributed by atoms with van der Waals surface area (Å²) in [6, 6.07) is 0. The Hall–Kier alpha value is -1.05. The summed E-state index contributed by atoms with van der Waals surface area (Å²) in [6.07, 6.45) is 11.3. The fourth-order valence-electron chi connectivity index (χ4n) is 1.52. The molecule has 0 unspecified atom stereocenters. The van der Waals surface area contributed by atoms with Crippen molar-refractivity contribution >= 4 is 5.97 Å². The van der Waals surface area contributed by atoms with Gasteiger partial charge in [0.15, 0.2) is 0 Å². The number of ether oxygens (including phenoxy) is 1. The predicted octanol–water partition coefficient (Wildman–Crippen LogP) is 3.00. The van der Waals surface area contributed by atoms with Crippen molar-refractivity contribution in [1.82, 2.24) is 0 Å². The summed E-state index contributed by atoms with van der Waals surface area (Å²) in [7, 11) is 0. The van der Waals surface area contributed by atoms with Crippen LogP contribution in [0.1, 0.15) is 39.0 Å². The third kappa shape index (κ3) is 4.26. The molecule has 0 aromatic heterocycles. The summed E-state index contributed by atoms with van der Waals surface area (Å²) in [4.78, 5) is 11.0. The van der Waals surface area contributed by atoms with Crippen LogP contribution in [-0.4, -0.2) is 12.6 Å². The predicted molar refractivity (Wildman–Crippen MR) is 56.9 cm³/mol. The van der Waals surface area contributed by atoms with Gasteiger partial charge in [0.05, 0.1) is 6.61 Å². The van der Waals surface area contributed by atoms with Crippen molar-refractivity contribution < 1.29 is 9.53 Å². The molecule has 1 aliphatic rings. The second-order valence-corrected chi connectivity index (χ2v) is 3.43. The van der Waals surface area contributed by atoms with Gasteiger partial charge >= 0.3 is 5.97 Å². The van der Waals surface area contributed by atoms with Gasteiger partial charge in [-0.2, -0.15) is 0 Å². The molecule has 0 fully saturated rings. The number of allylic oxidation sites excluding steroid dienone is 4. The summed E-state index contributed by atoms with van der Waals surface area (Å²) in [5.41, 5.74) is 1.41. The fraction of sp³-hybridized carbons (Fsp3) is 0.583. The second-order valence-electron chi connectivity index (χ2n) is 3.43. The summed E-state index contributed by atoms with van der Waals surface area (Å²) < 4.78 is 4.85.